The third-order valence-electron chi connectivity index (χ3n) is 4.51. The molecule has 0 aliphatic rings. The molecule has 4 rings (SSSR count). The Labute approximate surface area is 177 Å². The molecular formula is C21H18FN3O3S2. The maximum absolute atomic E-state index is 13.3. The number of para-hydroxylation sites is 1. The highest BCUT2D eigenvalue weighted by Crippen LogP contribution is 2.36. The van der Waals surface area contributed by atoms with E-state index < -0.39 is 10.0 Å². The number of sulfonamides is 1. The monoisotopic (exact) mass is 443 g/mol. The molecule has 0 aliphatic carbocycles. The van der Waals surface area contributed by atoms with E-state index in [0.29, 0.717) is 33.4 Å². The molecule has 0 N–H and O–H groups in total. The van der Waals surface area contributed by atoms with Crippen LogP contribution in [0, 0.1) is 12.7 Å². The first-order valence-electron chi connectivity index (χ1n) is 9.18. The summed E-state index contributed by atoms with van der Waals surface area (Å²) >= 11 is 1.27. The van der Waals surface area contributed by atoms with Crippen LogP contribution in [0.5, 0.6) is 0 Å². The van der Waals surface area contributed by atoms with Gasteiger partial charge in [0.2, 0.25) is 5.82 Å². The highest BCUT2D eigenvalue weighted by atomic mass is 32.2. The molecule has 0 aliphatic heterocycles. The summed E-state index contributed by atoms with van der Waals surface area (Å²) in [6.45, 7) is 3.84. The second-order valence-electron chi connectivity index (χ2n) is 6.47. The minimum absolute atomic E-state index is 0.203. The van der Waals surface area contributed by atoms with E-state index in [1.54, 1.807) is 56.3 Å². The van der Waals surface area contributed by atoms with E-state index in [9.17, 15) is 12.8 Å². The molecule has 2 aromatic heterocycles. The third-order valence-corrected chi connectivity index (χ3v) is 7.71. The van der Waals surface area contributed by atoms with Gasteiger partial charge in [0.05, 0.1) is 10.6 Å². The van der Waals surface area contributed by atoms with Gasteiger partial charge < -0.3 is 4.52 Å². The topological polar surface area (TPSA) is 76.3 Å². The minimum Gasteiger partial charge on any atom is -0.333 e. The molecule has 0 radical (unpaired) electrons. The normalized spacial score (nSPS) is 11.6. The fourth-order valence-corrected chi connectivity index (χ4v) is 6.03. The smallest absolute Gasteiger partial charge is 0.268 e. The van der Waals surface area contributed by atoms with Crippen molar-refractivity contribution in [3.8, 4) is 22.2 Å². The quantitative estimate of drug-likeness (QED) is 0.413. The van der Waals surface area contributed by atoms with Crippen molar-refractivity contribution in [3.05, 3.63) is 71.4 Å². The van der Waals surface area contributed by atoms with Crippen molar-refractivity contribution in [2.75, 3.05) is 10.8 Å². The van der Waals surface area contributed by atoms with Gasteiger partial charge >= 0.3 is 0 Å². The van der Waals surface area contributed by atoms with Gasteiger partial charge in [-0.15, -0.1) is 11.3 Å². The van der Waals surface area contributed by atoms with Crippen LogP contribution in [0.4, 0.5) is 10.1 Å². The number of hydrogen-bond acceptors (Lipinski definition) is 6. The van der Waals surface area contributed by atoms with Crippen LogP contribution in [0.1, 0.15) is 11.8 Å². The Balaban J connectivity index is 1.69. The van der Waals surface area contributed by atoms with Crippen LogP contribution in [0.15, 0.2) is 70.1 Å². The molecular weight excluding hydrogens is 425 g/mol. The van der Waals surface area contributed by atoms with Crippen molar-refractivity contribution in [2.45, 2.75) is 18.7 Å². The van der Waals surface area contributed by atoms with Gasteiger partial charge in [-0.1, -0.05) is 23.4 Å². The number of anilines is 1. The Morgan fingerprint density at radius 3 is 2.47 bits per heavy atom. The van der Waals surface area contributed by atoms with Gasteiger partial charge in [-0.2, -0.15) is 4.98 Å². The van der Waals surface area contributed by atoms with Crippen molar-refractivity contribution in [3.63, 3.8) is 0 Å². The highest BCUT2D eigenvalue weighted by Gasteiger charge is 2.28. The fraction of sp³-hybridized carbons (Fsp3) is 0.143. The number of hydrogen-bond donors (Lipinski definition) is 0. The summed E-state index contributed by atoms with van der Waals surface area (Å²) in [4.78, 5) is 5.72. The van der Waals surface area contributed by atoms with Crippen molar-refractivity contribution in [2.24, 2.45) is 0 Å². The van der Waals surface area contributed by atoms with E-state index in [1.807, 2.05) is 6.07 Å². The molecule has 0 bridgehead atoms. The first kappa shape index (κ1) is 20.2. The first-order valence-corrected chi connectivity index (χ1v) is 11.4. The average Bonchev–Trinajstić information content (AvgIpc) is 3.37. The average molecular weight is 444 g/mol. The minimum atomic E-state index is -3.76. The molecule has 0 saturated carbocycles. The SMILES string of the molecule is CCN(c1ccccc1)S(=O)(=O)c1cc(-c2nc(-c3ccc(F)cc3)no2)sc1C. The van der Waals surface area contributed by atoms with Crippen LogP contribution in [-0.4, -0.2) is 25.1 Å². The molecule has 6 nitrogen and oxygen atoms in total. The lowest BCUT2D eigenvalue weighted by Crippen LogP contribution is -2.30. The number of rotatable bonds is 6. The Morgan fingerprint density at radius 2 is 1.80 bits per heavy atom. The van der Waals surface area contributed by atoms with E-state index in [1.165, 1.54) is 27.8 Å². The number of benzene rings is 2. The Bertz CT molecular complexity index is 1270. The van der Waals surface area contributed by atoms with Crippen LogP contribution < -0.4 is 4.31 Å². The van der Waals surface area contributed by atoms with Crippen LogP contribution >= 0.6 is 11.3 Å². The zero-order chi connectivity index (χ0) is 21.3. The van der Waals surface area contributed by atoms with Gasteiger partial charge in [0.15, 0.2) is 0 Å². The lowest BCUT2D eigenvalue weighted by atomic mass is 10.2. The van der Waals surface area contributed by atoms with Crippen LogP contribution in [-0.2, 0) is 10.0 Å². The number of thiophene rings is 1. The summed E-state index contributed by atoms with van der Waals surface area (Å²) in [7, 11) is -3.76. The summed E-state index contributed by atoms with van der Waals surface area (Å²) in [5.41, 5.74) is 1.21. The summed E-state index contributed by atoms with van der Waals surface area (Å²) in [5.74, 6) is 0.164. The summed E-state index contributed by atoms with van der Waals surface area (Å²) in [6, 6.07) is 16.3. The van der Waals surface area contributed by atoms with Crippen LogP contribution in [0.3, 0.4) is 0 Å². The van der Waals surface area contributed by atoms with Crippen molar-refractivity contribution in [1.29, 1.82) is 0 Å². The molecule has 154 valence electrons. The molecule has 2 heterocycles. The standard InChI is InChI=1S/C21H18FN3O3S2/c1-3-25(17-7-5-4-6-8-17)30(26,27)19-13-18(29-14(19)2)21-23-20(24-28-21)15-9-11-16(22)12-10-15/h4-13H,3H2,1-2H3. The van der Waals surface area contributed by atoms with Crippen LogP contribution in [0.25, 0.3) is 22.2 Å². The first-order chi connectivity index (χ1) is 14.4. The predicted molar refractivity (Wildman–Crippen MR) is 114 cm³/mol. The molecule has 0 amide bonds. The number of aromatic nitrogens is 2. The summed E-state index contributed by atoms with van der Waals surface area (Å²) in [5, 5.41) is 3.93. The van der Waals surface area contributed by atoms with Crippen LogP contribution in [0.2, 0.25) is 0 Å². The van der Waals surface area contributed by atoms with E-state index in [4.69, 9.17) is 4.52 Å². The van der Waals surface area contributed by atoms with E-state index >= 15 is 0 Å². The number of aryl methyl sites for hydroxylation is 1. The van der Waals surface area contributed by atoms with Gasteiger partial charge in [-0.05, 0) is 56.3 Å². The lowest BCUT2D eigenvalue weighted by molar-refractivity contribution is 0.433. The molecule has 0 spiro atoms. The van der Waals surface area contributed by atoms with Gasteiger partial charge in [-0.3, -0.25) is 4.31 Å². The largest absolute Gasteiger partial charge is 0.333 e. The summed E-state index contributed by atoms with van der Waals surface area (Å²) < 4.78 is 46.5. The second kappa shape index (κ2) is 8.00. The molecule has 30 heavy (non-hydrogen) atoms. The van der Waals surface area contributed by atoms with E-state index in [-0.39, 0.29) is 16.6 Å². The Morgan fingerprint density at radius 1 is 1.10 bits per heavy atom. The maximum Gasteiger partial charge on any atom is 0.268 e. The van der Waals surface area contributed by atoms with E-state index in [0.717, 1.165) is 0 Å². The molecule has 0 fully saturated rings. The highest BCUT2D eigenvalue weighted by molar-refractivity contribution is 7.93. The molecule has 0 unspecified atom stereocenters. The lowest BCUT2D eigenvalue weighted by Gasteiger charge is -2.22. The molecule has 4 aromatic rings. The number of nitrogens with zero attached hydrogens (tertiary/aromatic N) is 3. The predicted octanol–water partition coefficient (Wildman–Crippen LogP) is 5.13. The van der Waals surface area contributed by atoms with Crippen molar-refractivity contribution in [1.82, 2.24) is 10.1 Å². The van der Waals surface area contributed by atoms with Crippen molar-refractivity contribution < 1.29 is 17.3 Å². The van der Waals surface area contributed by atoms with Gasteiger partial charge in [0.25, 0.3) is 15.9 Å². The zero-order valence-electron chi connectivity index (χ0n) is 16.2. The molecule has 0 saturated heterocycles. The molecule has 0 atom stereocenters. The summed E-state index contributed by atoms with van der Waals surface area (Å²) in [6.07, 6.45) is 0. The Hall–Kier alpha value is -3.04. The number of halogens is 1. The van der Waals surface area contributed by atoms with Gasteiger partial charge in [0, 0.05) is 17.0 Å². The Kier molecular flexibility index (Phi) is 5.40. The van der Waals surface area contributed by atoms with E-state index in [2.05, 4.69) is 10.1 Å². The van der Waals surface area contributed by atoms with Crippen molar-refractivity contribution >= 4 is 27.0 Å². The third kappa shape index (κ3) is 3.73. The second-order valence-corrected chi connectivity index (χ2v) is 9.55. The maximum atomic E-state index is 13.3. The van der Waals surface area contributed by atoms with Gasteiger partial charge in [-0.25, -0.2) is 12.8 Å². The molecule has 2 aromatic carbocycles. The fourth-order valence-electron chi connectivity index (χ4n) is 3.07. The van der Waals surface area contributed by atoms with Gasteiger partial charge in [0.1, 0.15) is 10.7 Å². The molecule has 9 heteroatoms. The zero-order valence-corrected chi connectivity index (χ0v) is 17.9.